The Morgan fingerprint density at radius 3 is 2.13 bits per heavy atom. The van der Waals surface area contributed by atoms with Crippen molar-refractivity contribution in [3.63, 3.8) is 0 Å². The molecule has 2 aliphatic rings. The monoisotopic (exact) mass is 494 g/mol. The minimum absolute atomic E-state index is 0.190. The predicted octanol–water partition coefficient (Wildman–Crippen LogP) is 9.71. The van der Waals surface area contributed by atoms with E-state index in [1.807, 2.05) is 0 Å². The summed E-state index contributed by atoms with van der Waals surface area (Å²) in [6.45, 7) is 7.07. The van der Waals surface area contributed by atoms with E-state index in [0.29, 0.717) is 5.92 Å². The molecular weight excluding hydrogens is 460 g/mol. The maximum Gasteiger partial charge on any atom is 0.0629 e. The van der Waals surface area contributed by atoms with E-state index < -0.39 is 0 Å². The quantitative estimate of drug-likeness (QED) is 0.236. The Balaban J connectivity index is 1.36. The van der Waals surface area contributed by atoms with Gasteiger partial charge in [-0.25, -0.2) is 0 Å². The van der Waals surface area contributed by atoms with Gasteiger partial charge in [-0.3, -0.25) is 0 Å². The van der Waals surface area contributed by atoms with Gasteiger partial charge in [0.1, 0.15) is 0 Å². The van der Waals surface area contributed by atoms with E-state index in [-0.39, 0.29) is 11.5 Å². The summed E-state index contributed by atoms with van der Waals surface area (Å²) in [6, 6.07) is 35.8. The van der Waals surface area contributed by atoms with Crippen molar-refractivity contribution in [2.24, 2.45) is 5.41 Å². The lowest BCUT2D eigenvalue weighted by Crippen LogP contribution is -2.30. The highest BCUT2D eigenvalue weighted by atomic mass is 15.2. The molecule has 5 aromatic rings. The zero-order valence-corrected chi connectivity index (χ0v) is 22.4. The minimum Gasteiger partial charge on any atom is -0.333 e. The third-order valence-corrected chi connectivity index (χ3v) is 8.66. The van der Waals surface area contributed by atoms with Gasteiger partial charge in [0, 0.05) is 33.8 Å². The van der Waals surface area contributed by atoms with Gasteiger partial charge < -0.3 is 9.47 Å². The number of hydrogen-bond donors (Lipinski definition) is 0. The maximum absolute atomic E-state index is 2.55. The number of allylic oxidation sites excluding steroid dienone is 2. The Morgan fingerprint density at radius 1 is 0.737 bits per heavy atom. The molecule has 2 heterocycles. The molecule has 2 heteroatoms. The molecule has 0 spiro atoms. The summed E-state index contributed by atoms with van der Waals surface area (Å²) in [5, 5.41) is 2.59. The van der Waals surface area contributed by atoms with Crippen molar-refractivity contribution >= 4 is 33.2 Å². The van der Waals surface area contributed by atoms with Crippen LogP contribution in [0, 0.1) is 5.41 Å². The second-order valence-corrected chi connectivity index (χ2v) is 11.4. The van der Waals surface area contributed by atoms with Crippen molar-refractivity contribution in [3.8, 4) is 5.69 Å². The van der Waals surface area contributed by atoms with Gasteiger partial charge in [0.15, 0.2) is 0 Å². The second kappa shape index (κ2) is 8.77. The van der Waals surface area contributed by atoms with Gasteiger partial charge in [0.25, 0.3) is 0 Å². The third kappa shape index (κ3) is 3.47. The lowest BCUT2D eigenvalue weighted by atomic mass is 9.75. The van der Waals surface area contributed by atoms with Crippen LogP contribution in [0.15, 0.2) is 121 Å². The van der Waals surface area contributed by atoms with Crippen LogP contribution in [0.25, 0.3) is 27.5 Å². The topological polar surface area (TPSA) is 8.17 Å². The summed E-state index contributed by atoms with van der Waals surface area (Å²) in [7, 11) is 0. The number of benzene rings is 4. The Bertz CT molecular complexity index is 1680. The molecule has 1 aliphatic heterocycles. The zero-order valence-electron chi connectivity index (χ0n) is 22.4. The Kier molecular flexibility index (Phi) is 5.33. The molecule has 0 radical (unpaired) electrons. The minimum atomic E-state index is 0.190. The molecule has 4 aromatic carbocycles. The molecule has 0 N–H and O–H groups in total. The average Bonchev–Trinajstić information content (AvgIpc) is 3.46. The fourth-order valence-corrected chi connectivity index (χ4v) is 6.85. The first-order valence-electron chi connectivity index (χ1n) is 13.9. The van der Waals surface area contributed by atoms with Gasteiger partial charge in [0.05, 0.1) is 17.1 Å². The fourth-order valence-electron chi connectivity index (χ4n) is 6.85. The molecule has 7 rings (SSSR count). The molecule has 0 saturated heterocycles. The molecule has 0 amide bonds. The fraction of sp³-hybridized carbons (Fsp3) is 0.222. The van der Waals surface area contributed by atoms with E-state index in [0.717, 1.165) is 0 Å². The third-order valence-electron chi connectivity index (χ3n) is 8.66. The summed E-state index contributed by atoms with van der Waals surface area (Å²) in [4.78, 5) is 2.55. The van der Waals surface area contributed by atoms with Gasteiger partial charge in [-0.05, 0) is 59.4 Å². The summed E-state index contributed by atoms with van der Waals surface area (Å²) < 4.78 is 2.41. The summed E-state index contributed by atoms with van der Waals surface area (Å²) in [6.07, 6.45) is 9.80. The first-order chi connectivity index (χ1) is 18.6. The number of fused-ring (bicyclic) bond motifs is 6. The van der Waals surface area contributed by atoms with Crippen LogP contribution in [0.2, 0.25) is 0 Å². The molecule has 2 unspecified atom stereocenters. The molecule has 2 nitrogen and oxygen atoms in total. The SMILES string of the molecule is CCCC(C)(C)C1=CC2c3ccccc3N(c3cccc(-n4c5ccccc5c5ccccc54)c3)C2C=C1. The van der Waals surface area contributed by atoms with Crippen LogP contribution in [0.3, 0.4) is 0 Å². The molecule has 1 aliphatic carbocycles. The van der Waals surface area contributed by atoms with Crippen molar-refractivity contribution in [1.29, 1.82) is 0 Å². The van der Waals surface area contributed by atoms with Crippen LogP contribution in [0.5, 0.6) is 0 Å². The van der Waals surface area contributed by atoms with Crippen LogP contribution in [0.4, 0.5) is 11.4 Å². The number of aromatic nitrogens is 1. The lowest BCUT2D eigenvalue weighted by Gasteiger charge is -2.34. The van der Waals surface area contributed by atoms with E-state index in [9.17, 15) is 0 Å². The second-order valence-electron chi connectivity index (χ2n) is 11.4. The molecular formula is C36H34N2. The van der Waals surface area contributed by atoms with E-state index >= 15 is 0 Å². The molecule has 2 atom stereocenters. The molecule has 0 fully saturated rings. The average molecular weight is 495 g/mol. The summed E-state index contributed by atoms with van der Waals surface area (Å²) in [5.41, 5.74) is 9.32. The van der Waals surface area contributed by atoms with Crippen molar-refractivity contribution < 1.29 is 0 Å². The first-order valence-corrected chi connectivity index (χ1v) is 13.9. The van der Waals surface area contributed by atoms with Crippen LogP contribution in [-0.2, 0) is 0 Å². The van der Waals surface area contributed by atoms with E-state index in [1.165, 1.54) is 62.8 Å². The smallest absolute Gasteiger partial charge is 0.0629 e. The van der Waals surface area contributed by atoms with E-state index in [4.69, 9.17) is 0 Å². The van der Waals surface area contributed by atoms with Crippen molar-refractivity contribution in [2.75, 3.05) is 4.90 Å². The van der Waals surface area contributed by atoms with Crippen molar-refractivity contribution in [1.82, 2.24) is 4.57 Å². The highest BCUT2D eigenvalue weighted by Gasteiger charge is 2.39. The highest BCUT2D eigenvalue weighted by molar-refractivity contribution is 6.09. The first kappa shape index (κ1) is 23.1. The molecule has 188 valence electrons. The van der Waals surface area contributed by atoms with Crippen LogP contribution >= 0.6 is 0 Å². The molecule has 0 saturated carbocycles. The number of anilines is 2. The Hall–Kier alpha value is -4.04. The number of hydrogen-bond acceptors (Lipinski definition) is 1. The lowest BCUT2D eigenvalue weighted by molar-refractivity contribution is 0.407. The van der Waals surface area contributed by atoms with E-state index in [2.05, 4.69) is 146 Å². The van der Waals surface area contributed by atoms with Gasteiger partial charge in [-0.1, -0.05) is 106 Å². The standard InChI is InChI=1S/C36H34N2/c1-4-22-36(2,3)25-20-21-35-31(23-25)30-16-7-10-19-34(30)38(35)27-13-11-12-26(24-27)37-32-17-8-5-14-28(32)29-15-6-9-18-33(29)37/h5-21,23-24,31,35H,4,22H2,1-3H3. The largest absolute Gasteiger partial charge is 0.333 e. The van der Waals surface area contributed by atoms with Crippen LogP contribution in [0.1, 0.15) is 45.1 Å². The predicted molar refractivity (Wildman–Crippen MR) is 162 cm³/mol. The Morgan fingerprint density at radius 2 is 1.39 bits per heavy atom. The highest BCUT2D eigenvalue weighted by Crippen LogP contribution is 2.50. The molecule has 38 heavy (non-hydrogen) atoms. The number of nitrogens with zero attached hydrogens (tertiary/aromatic N) is 2. The van der Waals surface area contributed by atoms with Crippen molar-refractivity contribution in [2.45, 2.75) is 45.6 Å². The number of rotatable bonds is 5. The van der Waals surface area contributed by atoms with Gasteiger partial charge in [0.2, 0.25) is 0 Å². The summed E-state index contributed by atoms with van der Waals surface area (Å²) in [5.74, 6) is 0.360. The van der Waals surface area contributed by atoms with Crippen LogP contribution < -0.4 is 4.90 Å². The van der Waals surface area contributed by atoms with E-state index in [1.54, 1.807) is 0 Å². The van der Waals surface area contributed by atoms with Gasteiger partial charge in [-0.2, -0.15) is 0 Å². The van der Waals surface area contributed by atoms with Gasteiger partial charge in [-0.15, -0.1) is 0 Å². The van der Waals surface area contributed by atoms with Crippen molar-refractivity contribution in [3.05, 3.63) is 126 Å². The van der Waals surface area contributed by atoms with Crippen LogP contribution in [-0.4, -0.2) is 10.6 Å². The van der Waals surface area contributed by atoms with Gasteiger partial charge >= 0.3 is 0 Å². The zero-order chi connectivity index (χ0) is 25.9. The maximum atomic E-state index is 2.55. The molecule has 1 aromatic heterocycles. The molecule has 0 bridgehead atoms. The summed E-state index contributed by atoms with van der Waals surface area (Å²) >= 11 is 0. The Labute approximate surface area is 225 Å². The normalized spacial score (nSPS) is 18.6. The number of para-hydroxylation sites is 3.